The van der Waals surface area contributed by atoms with Gasteiger partial charge in [0.25, 0.3) is 0 Å². The molecule has 2 rings (SSSR count). The van der Waals surface area contributed by atoms with E-state index in [1.165, 1.54) is 11.5 Å². The molecule has 6 heteroatoms. The molecule has 86 valence electrons. The van der Waals surface area contributed by atoms with Gasteiger partial charge < -0.3 is 5.32 Å². The van der Waals surface area contributed by atoms with E-state index in [1.807, 2.05) is 11.6 Å². The summed E-state index contributed by atoms with van der Waals surface area (Å²) in [7, 11) is 0. The number of hydrogen-bond acceptors (Lipinski definition) is 6. The topological polar surface area (TPSA) is 50.7 Å². The predicted molar refractivity (Wildman–Crippen MR) is 68.1 cm³/mol. The molecule has 0 aromatic carbocycles. The van der Waals surface area contributed by atoms with Gasteiger partial charge in [-0.15, -0.1) is 11.3 Å². The Balaban J connectivity index is 2.03. The molecule has 16 heavy (non-hydrogen) atoms. The van der Waals surface area contributed by atoms with Crippen LogP contribution in [-0.4, -0.2) is 14.3 Å². The van der Waals surface area contributed by atoms with Gasteiger partial charge in [-0.05, 0) is 6.92 Å². The Hall–Kier alpha value is -1.01. The summed E-state index contributed by atoms with van der Waals surface area (Å²) < 4.78 is 4.30. The molecule has 0 aliphatic heterocycles. The summed E-state index contributed by atoms with van der Waals surface area (Å²) in [6.45, 7) is 6.27. The Bertz CT molecular complexity index is 435. The summed E-state index contributed by atoms with van der Waals surface area (Å²) in [6.07, 6.45) is 1.82. The maximum absolute atomic E-state index is 4.43. The molecule has 2 heterocycles. The third kappa shape index (κ3) is 2.56. The molecule has 1 unspecified atom stereocenters. The molecule has 2 aromatic heterocycles. The lowest BCUT2D eigenvalue weighted by molar-refractivity contribution is 0.794. The van der Waals surface area contributed by atoms with Crippen LogP contribution >= 0.6 is 22.9 Å². The Morgan fingerprint density at radius 2 is 2.12 bits per heavy atom. The number of nitrogens with zero attached hydrogens (tertiary/aromatic N) is 3. The van der Waals surface area contributed by atoms with Crippen LogP contribution in [0, 0.1) is 0 Å². The van der Waals surface area contributed by atoms with Gasteiger partial charge in [0.05, 0.1) is 6.04 Å². The van der Waals surface area contributed by atoms with Crippen molar-refractivity contribution in [2.75, 3.05) is 5.32 Å². The molecule has 0 saturated heterocycles. The van der Waals surface area contributed by atoms with Crippen LogP contribution in [0.15, 0.2) is 11.6 Å². The van der Waals surface area contributed by atoms with Crippen LogP contribution in [0.4, 0.5) is 5.13 Å². The van der Waals surface area contributed by atoms with Crippen molar-refractivity contribution in [1.82, 2.24) is 14.3 Å². The van der Waals surface area contributed by atoms with E-state index in [0.717, 1.165) is 16.0 Å². The minimum atomic E-state index is 0.188. The number of anilines is 1. The first-order valence-corrected chi connectivity index (χ1v) is 6.81. The first kappa shape index (κ1) is 11.5. The summed E-state index contributed by atoms with van der Waals surface area (Å²) in [5.41, 5.74) is 0. The predicted octanol–water partition coefficient (Wildman–Crippen LogP) is 3.29. The molecule has 0 bridgehead atoms. The first-order valence-electron chi connectivity index (χ1n) is 5.16. The summed E-state index contributed by atoms with van der Waals surface area (Å²) >= 11 is 3.05. The fourth-order valence-electron chi connectivity index (χ4n) is 1.22. The molecule has 0 saturated carbocycles. The van der Waals surface area contributed by atoms with Crippen molar-refractivity contribution in [1.29, 1.82) is 0 Å². The van der Waals surface area contributed by atoms with Gasteiger partial charge in [-0.1, -0.05) is 13.8 Å². The number of aromatic nitrogens is 3. The third-order valence-corrected chi connectivity index (χ3v) is 3.74. The van der Waals surface area contributed by atoms with Gasteiger partial charge in [-0.25, -0.2) is 9.97 Å². The Kier molecular flexibility index (Phi) is 3.50. The largest absolute Gasteiger partial charge is 0.351 e. The molecular formula is C10H14N4S2. The highest BCUT2D eigenvalue weighted by molar-refractivity contribution is 7.10. The fourth-order valence-corrected chi connectivity index (χ4v) is 2.66. The highest BCUT2D eigenvalue weighted by Crippen LogP contribution is 2.23. The molecule has 2 aromatic rings. The van der Waals surface area contributed by atoms with Gasteiger partial charge in [0, 0.05) is 29.0 Å². The van der Waals surface area contributed by atoms with Crippen molar-refractivity contribution in [2.24, 2.45) is 0 Å². The maximum atomic E-state index is 4.43. The SMILES string of the molecule is CC(C)c1nsc(NC(C)c2nccs2)n1. The summed E-state index contributed by atoms with van der Waals surface area (Å²) in [5.74, 6) is 1.28. The van der Waals surface area contributed by atoms with E-state index >= 15 is 0 Å². The molecule has 1 N–H and O–H groups in total. The molecule has 0 amide bonds. The van der Waals surface area contributed by atoms with Crippen molar-refractivity contribution < 1.29 is 0 Å². The van der Waals surface area contributed by atoms with Crippen LogP contribution in [0.5, 0.6) is 0 Å². The van der Waals surface area contributed by atoms with E-state index in [9.17, 15) is 0 Å². The molecule has 0 aliphatic rings. The minimum Gasteiger partial charge on any atom is -0.351 e. The number of thiazole rings is 1. The normalized spacial score (nSPS) is 13.0. The first-order chi connectivity index (χ1) is 7.66. The van der Waals surface area contributed by atoms with Crippen LogP contribution in [0.1, 0.15) is 43.6 Å². The highest BCUT2D eigenvalue weighted by atomic mass is 32.1. The molecule has 0 fully saturated rings. The summed E-state index contributed by atoms with van der Waals surface area (Å²) in [5, 5.41) is 7.23. The molecule has 4 nitrogen and oxygen atoms in total. The van der Waals surface area contributed by atoms with Crippen molar-refractivity contribution in [2.45, 2.75) is 32.7 Å². The Morgan fingerprint density at radius 1 is 1.31 bits per heavy atom. The second-order valence-electron chi connectivity index (χ2n) is 3.85. The Morgan fingerprint density at radius 3 is 2.69 bits per heavy atom. The van der Waals surface area contributed by atoms with E-state index in [0.29, 0.717) is 5.92 Å². The molecule has 0 radical (unpaired) electrons. The zero-order valence-electron chi connectivity index (χ0n) is 9.47. The van der Waals surface area contributed by atoms with Crippen LogP contribution in [0.25, 0.3) is 0 Å². The minimum absolute atomic E-state index is 0.188. The van der Waals surface area contributed by atoms with Crippen molar-refractivity contribution in [3.8, 4) is 0 Å². The molecule has 1 atom stereocenters. The quantitative estimate of drug-likeness (QED) is 0.909. The molecular weight excluding hydrogens is 240 g/mol. The lowest BCUT2D eigenvalue weighted by atomic mass is 10.2. The van der Waals surface area contributed by atoms with Gasteiger partial charge in [0.15, 0.2) is 0 Å². The zero-order valence-corrected chi connectivity index (χ0v) is 11.1. The van der Waals surface area contributed by atoms with E-state index in [-0.39, 0.29) is 6.04 Å². The monoisotopic (exact) mass is 254 g/mol. The van der Waals surface area contributed by atoms with E-state index < -0.39 is 0 Å². The van der Waals surface area contributed by atoms with Crippen molar-refractivity contribution in [3.05, 3.63) is 22.4 Å². The number of nitrogens with one attached hydrogen (secondary N) is 1. The van der Waals surface area contributed by atoms with Crippen LogP contribution in [-0.2, 0) is 0 Å². The Labute approximate surface area is 103 Å². The number of rotatable bonds is 4. The van der Waals surface area contributed by atoms with Gasteiger partial charge in [0.2, 0.25) is 5.13 Å². The van der Waals surface area contributed by atoms with Crippen LogP contribution in [0.2, 0.25) is 0 Å². The van der Waals surface area contributed by atoms with E-state index in [4.69, 9.17) is 0 Å². The fraction of sp³-hybridized carbons (Fsp3) is 0.500. The lowest BCUT2D eigenvalue weighted by Crippen LogP contribution is -2.05. The van der Waals surface area contributed by atoms with Gasteiger partial charge in [-0.3, -0.25) is 0 Å². The number of hydrogen-bond donors (Lipinski definition) is 1. The summed E-state index contributed by atoms with van der Waals surface area (Å²) in [4.78, 5) is 8.70. The molecule has 0 spiro atoms. The second kappa shape index (κ2) is 4.88. The van der Waals surface area contributed by atoms with Gasteiger partial charge in [0.1, 0.15) is 10.8 Å². The maximum Gasteiger partial charge on any atom is 0.203 e. The van der Waals surface area contributed by atoms with Crippen molar-refractivity contribution >= 4 is 28.0 Å². The average Bonchev–Trinajstić information content (AvgIpc) is 2.87. The zero-order chi connectivity index (χ0) is 11.5. The van der Waals surface area contributed by atoms with Crippen molar-refractivity contribution in [3.63, 3.8) is 0 Å². The van der Waals surface area contributed by atoms with E-state index in [1.54, 1.807) is 11.3 Å². The lowest BCUT2D eigenvalue weighted by Gasteiger charge is -2.08. The van der Waals surface area contributed by atoms with Crippen LogP contribution in [0.3, 0.4) is 0 Å². The third-order valence-electron chi connectivity index (χ3n) is 2.12. The summed E-state index contributed by atoms with van der Waals surface area (Å²) in [6, 6.07) is 0.188. The smallest absolute Gasteiger partial charge is 0.203 e. The molecule has 0 aliphatic carbocycles. The van der Waals surface area contributed by atoms with Gasteiger partial charge in [-0.2, -0.15) is 4.37 Å². The van der Waals surface area contributed by atoms with Crippen LogP contribution < -0.4 is 5.32 Å². The van der Waals surface area contributed by atoms with E-state index in [2.05, 4.69) is 40.4 Å². The average molecular weight is 254 g/mol. The second-order valence-corrected chi connectivity index (χ2v) is 5.53. The standard InChI is InChI=1S/C10H14N4S2/c1-6(2)8-13-10(16-14-8)12-7(3)9-11-4-5-15-9/h4-7H,1-3H3,(H,12,13,14). The highest BCUT2D eigenvalue weighted by Gasteiger charge is 2.12. The van der Waals surface area contributed by atoms with Gasteiger partial charge >= 0.3 is 0 Å².